The molecule has 0 aliphatic heterocycles. The zero-order valence-corrected chi connectivity index (χ0v) is 12.1. The number of rotatable bonds is 7. The summed E-state index contributed by atoms with van der Waals surface area (Å²) in [5.41, 5.74) is 2.62. The monoisotopic (exact) mass is 272 g/mol. The van der Waals surface area contributed by atoms with Gasteiger partial charge in [-0.2, -0.15) is 0 Å². The summed E-state index contributed by atoms with van der Waals surface area (Å²) in [6.45, 7) is 4.22. The Morgan fingerprint density at radius 3 is 2.84 bits per heavy atom. The lowest BCUT2D eigenvalue weighted by Crippen LogP contribution is -2.13. The van der Waals surface area contributed by atoms with Crippen molar-refractivity contribution in [2.45, 2.75) is 30.5 Å². The average Bonchev–Trinajstić information content (AvgIpc) is 2.47. The molecule has 19 heavy (non-hydrogen) atoms. The molecule has 0 amide bonds. The lowest BCUT2D eigenvalue weighted by Gasteiger charge is -2.06. The van der Waals surface area contributed by atoms with Crippen LogP contribution in [0.25, 0.3) is 0 Å². The Labute approximate surface area is 119 Å². The molecule has 0 atom stereocenters. The summed E-state index contributed by atoms with van der Waals surface area (Å²) < 4.78 is 0. The van der Waals surface area contributed by atoms with Gasteiger partial charge >= 0.3 is 0 Å². The highest BCUT2D eigenvalue weighted by molar-refractivity contribution is 7.98. The maximum Gasteiger partial charge on any atom is 0.0308 e. The van der Waals surface area contributed by atoms with Crippen molar-refractivity contribution in [1.82, 2.24) is 10.3 Å². The molecule has 0 aliphatic rings. The number of nitrogens with one attached hydrogen (secondary N) is 1. The van der Waals surface area contributed by atoms with E-state index in [1.807, 2.05) is 30.2 Å². The van der Waals surface area contributed by atoms with Gasteiger partial charge in [0.15, 0.2) is 0 Å². The number of thioether (sulfide) groups is 1. The van der Waals surface area contributed by atoms with E-state index in [2.05, 4.69) is 47.6 Å². The van der Waals surface area contributed by atoms with Crippen LogP contribution in [0.2, 0.25) is 0 Å². The van der Waals surface area contributed by atoms with Gasteiger partial charge < -0.3 is 5.32 Å². The van der Waals surface area contributed by atoms with Crippen molar-refractivity contribution in [3.63, 3.8) is 0 Å². The molecular formula is C16H20N2S. The smallest absolute Gasteiger partial charge is 0.0308 e. The first-order valence-corrected chi connectivity index (χ1v) is 7.68. The molecular weight excluding hydrogens is 252 g/mol. The molecule has 1 aromatic carbocycles. The molecule has 2 rings (SSSR count). The summed E-state index contributed by atoms with van der Waals surface area (Å²) in [6, 6.07) is 12.9. The van der Waals surface area contributed by atoms with Gasteiger partial charge in [0.05, 0.1) is 0 Å². The summed E-state index contributed by atoms with van der Waals surface area (Å²) >= 11 is 1.86. The summed E-state index contributed by atoms with van der Waals surface area (Å²) in [6.07, 6.45) is 4.92. The summed E-state index contributed by atoms with van der Waals surface area (Å²) in [5, 5.41) is 3.43. The molecule has 1 N–H and O–H groups in total. The highest BCUT2D eigenvalue weighted by Gasteiger charge is 1.98. The SMILES string of the molecule is CCCNCc1cccc(SCc2cccnc2)c1. The van der Waals surface area contributed by atoms with Crippen LogP contribution in [-0.4, -0.2) is 11.5 Å². The third kappa shape index (κ3) is 5.05. The van der Waals surface area contributed by atoms with Crippen LogP contribution in [0.4, 0.5) is 0 Å². The Kier molecular flexibility index (Phi) is 5.92. The first-order chi connectivity index (χ1) is 9.38. The molecule has 0 saturated heterocycles. The highest BCUT2D eigenvalue weighted by Crippen LogP contribution is 2.23. The predicted octanol–water partition coefficient (Wildman–Crippen LogP) is 3.87. The van der Waals surface area contributed by atoms with Crippen molar-refractivity contribution in [2.75, 3.05) is 6.54 Å². The minimum absolute atomic E-state index is 0.954. The van der Waals surface area contributed by atoms with Gasteiger partial charge in [0, 0.05) is 29.6 Å². The van der Waals surface area contributed by atoms with E-state index in [0.29, 0.717) is 0 Å². The van der Waals surface area contributed by atoms with Gasteiger partial charge in [-0.3, -0.25) is 4.98 Å². The number of nitrogens with zero attached hydrogens (tertiary/aromatic N) is 1. The van der Waals surface area contributed by atoms with Crippen LogP contribution in [0, 0.1) is 0 Å². The highest BCUT2D eigenvalue weighted by atomic mass is 32.2. The van der Waals surface area contributed by atoms with Crippen LogP contribution < -0.4 is 5.32 Å². The van der Waals surface area contributed by atoms with Crippen molar-refractivity contribution >= 4 is 11.8 Å². The van der Waals surface area contributed by atoms with Gasteiger partial charge in [-0.05, 0) is 42.3 Å². The standard InChI is InChI=1S/C16H20N2S/c1-2-8-17-11-14-5-3-7-16(10-14)19-13-15-6-4-9-18-12-15/h3-7,9-10,12,17H,2,8,11,13H2,1H3. The molecule has 0 bridgehead atoms. The second-order valence-electron chi connectivity index (χ2n) is 4.47. The maximum absolute atomic E-state index is 4.14. The third-order valence-corrected chi connectivity index (χ3v) is 3.85. The van der Waals surface area contributed by atoms with Gasteiger partial charge in [-0.15, -0.1) is 11.8 Å². The summed E-state index contributed by atoms with van der Waals surface area (Å²) in [7, 11) is 0. The Hall–Kier alpha value is -1.32. The topological polar surface area (TPSA) is 24.9 Å². The van der Waals surface area contributed by atoms with Crippen LogP contribution in [0.1, 0.15) is 24.5 Å². The average molecular weight is 272 g/mol. The number of aromatic nitrogens is 1. The first kappa shape index (κ1) is 14.1. The Morgan fingerprint density at radius 1 is 1.16 bits per heavy atom. The Bertz CT molecular complexity index is 485. The fourth-order valence-electron chi connectivity index (χ4n) is 1.80. The van der Waals surface area contributed by atoms with Crippen molar-refractivity contribution in [3.05, 3.63) is 59.9 Å². The number of benzene rings is 1. The second kappa shape index (κ2) is 7.97. The zero-order chi connectivity index (χ0) is 13.3. The predicted molar refractivity (Wildman–Crippen MR) is 82.2 cm³/mol. The minimum Gasteiger partial charge on any atom is -0.313 e. The number of hydrogen-bond donors (Lipinski definition) is 1. The molecule has 0 saturated carbocycles. The van der Waals surface area contributed by atoms with Gasteiger partial charge in [-0.25, -0.2) is 0 Å². The molecule has 0 unspecified atom stereocenters. The van der Waals surface area contributed by atoms with Crippen molar-refractivity contribution < 1.29 is 0 Å². The lowest BCUT2D eigenvalue weighted by molar-refractivity contribution is 0.674. The van der Waals surface area contributed by atoms with E-state index >= 15 is 0 Å². The Balaban J connectivity index is 1.88. The fourth-order valence-corrected chi connectivity index (χ4v) is 2.72. The molecule has 0 fully saturated rings. The van der Waals surface area contributed by atoms with Crippen LogP contribution in [-0.2, 0) is 12.3 Å². The molecule has 0 radical (unpaired) electrons. The normalized spacial score (nSPS) is 10.6. The van der Waals surface area contributed by atoms with Gasteiger partial charge in [0.2, 0.25) is 0 Å². The minimum atomic E-state index is 0.954. The fraction of sp³-hybridized carbons (Fsp3) is 0.312. The quantitative estimate of drug-likeness (QED) is 0.612. The van der Waals surface area contributed by atoms with Crippen LogP contribution in [0.3, 0.4) is 0 Å². The van der Waals surface area contributed by atoms with E-state index < -0.39 is 0 Å². The van der Waals surface area contributed by atoms with Gasteiger partial charge in [0.1, 0.15) is 0 Å². The van der Waals surface area contributed by atoms with Gasteiger partial charge in [-0.1, -0.05) is 25.1 Å². The van der Waals surface area contributed by atoms with Crippen molar-refractivity contribution in [2.24, 2.45) is 0 Å². The Morgan fingerprint density at radius 2 is 2.05 bits per heavy atom. The van der Waals surface area contributed by atoms with E-state index in [-0.39, 0.29) is 0 Å². The number of pyridine rings is 1. The van der Waals surface area contributed by atoms with E-state index in [0.717, 1.165) is 18.8 Å². The summed E-state index contributed by atoms with van der Waals surface area (Å²) in [4.78, 5) is 5.46. The molecule has 3 heteroatoms. The van der Waals surface area contributed by atoms with Crippen LogP contribution in [0.5, 0.6) is 0 Å². The van der Waals surface area contributed by atoms with E-state index in [9.17, 15) is 0 Å². The van der Waals surface area contributed by atoms with E-state index in [1.165, 1.54) is 22.4 Å². The van der Waals surface area contributed by atoms with E-state index in [4.69, 9.17) is 0 Å². The molecule has 0 spiro atoms. The molecule has 1 heterocycles. The first-order valence-electron chi connectivity index (χ1n) is 6.70. The van der Waals surface area contributed by atoms with Gasteiger partial charge in [0.25, 0.3) is 0 Å². The largest absolute Gasteiger partial charge is 0.313 e. The van der Waals surface area contributed by atoms with Crippen molar-refractivity contribution in [3.8, 4) is 0 Å². The van der Waals surface area contributed by atoms with Crippen molar-refractivity contribution in [1.29, 1.82) is 0 Å². The molecule has 0 aliphatic carbocycles. The molecule has 2 aromatic rings. The summed E-state index contributed by atoms with van der Waals surface area (Å²) in [5.74, 6) is 0.972. The van der Waals surface area contributed by atoms with E-state index in [1.54, 1.807) is 0 Å². The third-order valence-electron chi connectivity index (χ3n) is 2.78. The van der Waals surface area contributed by atoms with Crippen LogP contribution in [0.15, 0.2) is 53.7 Å². The molecule has 2 nitrogen and oxygen atoms in total. The zero-order valence-electron chi connectivity index (χ0n) is 11.3. The molecule has 1 aromatic heterocycles. The molecule has 100 valence electrons. The second-order valence-corrected chi connectivity index (χ2v) is 5.52. The lowest BCUT2D eigenvalue weighted by atomic mass is 10.2. The van der Waals surface area contributed by atoms with Crippen LogP contribution >= 0.6 is 11.8 Å². The maximum atomic E-state index is 4.14. The number of hydrogen-bond acceptors (Lipinski definition) is 3.